The molecule has 0 fully saturated rings. The molecule has 0 aliphatic heterocycles. The predicted molar refractivity (Wildman–Crippen MR) is 84.1 cm³/mol. The van der Waals surface area contributed by atoms with Crippen LogP contribution in [0.2, 0.25) is 0 Å². The first-order valence-corrected chi connectivity index (χ1v) is 8.17. The second-order valence-corrected chi connectivity index (χ2v) is 5.70. The molecule has 0 aliphatic carbocycles. The highest BCUT2D eigenvalue weighted by atomic mass is 32.1. The van der Waals surface area contributed by atoms with E-state index in [9.17, 15) is 0 Å². The first-order valence-electron chi connectivity index (χ1n) is 7.22. The molecule has 0 spiro atoms. The average molecular weight is 284 g/mol. The summed E-state index contributed by atoms with van der Waals surface area (Å²) >= 11 is 1.77. The number of methoxy groups -OCH3 is 1. The minimum absolute atomic E-state index is 0.633. The average Bonchev–Trinajstić information content (AvgIpc) is 2.94. The Kier molecular flexibility index (Phi) is 9.08. The van der Waals surface area contributed by atoms with Crippen molar-refractivity contribution in [3.8, 4) is 0 Å². The topological polar surface area (TPSA) is 24.5 Å². The van der Waals surface area contributed by atoms with Crippen molar-refractivity contribution < 1.29 is 4.74 Å². The van der Waals surface area contributed by atoms with E-state index in [2.05, 4.69) is 40.9 Å². The Hall–Kier alpha value is -0.420. The van der Waals surface area contributed by atoms with E-state index in [1.54, 1.807) is 18.4 Å². The van der Waals surface area contributed by atoms with Crippen LogP contribution in [0.4, 0.5) is 0 Å². The van der Waals surface area contributed by atoms with Crippen LogP contribution in [0.3, 0.4) is 0 Å². The number of thiophene rings is 1. The summed E-state index contributed by atoms with van der Waals surface area (Å²) < 4.78 is 5.18. The van der Waals surface area contributed by atoms with E-state index in [-0.39, 0.29) is 0 Å². The fourth-order valence-corrected chi connectivity index (χ4v) is 2.74. The molecule has 0 amide bonds. The highest BCUT2D eigenvalue weighted by Crippen LogP contribution is 2.05. The van der Waals surface area contributed by atoms with E-state index in [4.69, 9.17) is 4.74 Å². The van der Waals surface area contributed by atoms with Gasteiger partial charge >= 0.3 is 0 Å². The molecule has 3 nitrogen and oxygen atoms in total. The first kappa shape index (κ1) is 16.6. The van der Waals surface area contributed by atoms with Gasteiger partial charge in [0.1, 0.15) is 0 Å². The highest BCUT2D eigenvalue weighted by Gasteiger charge is 2.10. The zero-order chi connectivity index (χ0) is 13.9. The first-order chi connectivity index (χ1) is 9.27. The minimum Gasteiger partial charge on any atom is -0.383 e. The molecule has 1 N–H and O–H groups in total. The number of nitrogens with zero attached hydrogens (tertiary/aromatic N) is 1. The van der Waals surface area contributed by atoms with E-state index in [1.807, 2.05) is 0 Å². The van der Waals surface area contributed by atoms with E-state index in [1.165, 1.54) is 12.0 Å². The van der Waals surface area contributed by atoms with Gasteiger partial charge in [-0.25, -0.2) is 0 Å². The fourth-order valence-electron chi connectivity index (χ4n) is 2.03. The lowest BCUT2D eigenvalue weighted by molar-refractivity contribution is 0.123. The van der Waals surface area contributed by atoms with Gasteiger partial charge in [0.25, 0.3) is 0 Å². The number of rotatable bonds is 11. The number of ether oxygens (including phenoxy) is 1. The van der Waals surface area contributed by atoms with Crippen molar-refractivity contribution in [1.82, 2.24) is 10.2 Å². The normalized spacial score (nSPS) is 13.1. The molecule has 1 unspecified atom stereocenters. The Morgan fingerprint density at radius 2 is 2.21 bits per heavy atom. The maximum absolute atomic E-state index is 5.18. The third-order valence-corrected chi connectivity index (χ3v) is 4.28. The molecule has 0 saturated heterocycles. The quantitative estimate of drug-likeness (QED) is 0.632. The fraction of sp³-hybridized carbons (Fsp3) is 0.733. The monoisotopic (exact) mass is 284 g/mol. The smallest absolute Gasteiger partial charge is 0.0589 e. The highest BCUT2D eigenvalue weighted by molar-refractivity contribution is 7.07. The molecule has 0 aliphatic rings. The number of hydrogen-bond acceptors (Lipinski definition) is 4. The molecule has 19 heavy (non-hydrogen) atoms. The van der Waals surface area contributed by atoms with Crippen molar-refractivity contribution in [1.29, 1.82) is 0 Å². The van der Waals surface area contributed by atoms with Gasteiger partial charge in [-0.1, -0.05) is 6.92 Å². The summed E-state index contributed by atoms with van der Waals surface area (Å²) in [5.74, 6) is 0. The van der Waals surface area contributed by atoms with Gasteiger partial charge in [-0.15, -0.1) is 0 Å². The molecule has 1 rings (SSSR count). The number of hydrogen-bond donors (Lipinski definition) is 1. The third-order valence-electron chi connectivity index (χ3n) is 3.54. The van der Waals surface area contributed by atoms with Crippen LogP contribution in [0.15, 0.2) is 16.8 Å². The maximum Gasteiger partial charge on any atom is 0.0589 e. The summed E-state index contributed by atoms with van der Waals surface area (Å²) in [5.41, 5.74) is 1.44. The van der Waals surface area contributed by atoms with Gasteiger partial charge in [0, 0.05) is 32.8 Å². The van der Waals surface area contributed by atoms with Gasteiger partial charge in [0.2, 0.25) is 0 Å². The van der Waals surface area contributed by atoms with E-state index in [0.717, 1.165) is 39.2 Å². The Labute approximate surface area is 122 Å². The minimum atomic E-state index is 0.633. The summed E-state index contributed by atoms with van der Waals surface area (Å²) in [7, 11) is 1.77. The van der Waals surface area contributed by atoms with E-state index in [0.29, 0.717) is 6.04 Å². The van der Waals surface area contributed by atoms with Crippen molar-refractivity contribution >= 4 is 11.3 Å². The second-order valence-electron chi connectivity index (χ2n) is 4.92. The molecule has 0 radical (unpaired) electrons. The lowest BCUT2D eigenvalue weighted by atomic mass is 10.2. The molecular weight excluding hydrogens is 256 g/mol. The van der Waals surface area contributed by atoms with E-state index >= 15 is 0 Å². The van der Waals surface area contributed by atoms with Gasteiger partial charge in [-0.2, -0.15) is 11.3 Å². The zero-order valence-corrected chi connectivity index (χ0v) is 13.3. The van der Waals surface area contributed by atoms with Gasteiger partial charge in [-0.05, 0) is 48.7 Å². The van der Waals surface area contributed by atoms with Crippen LogP contribution in [0, 0.1) is 0 Å². The lowest BCUT2D eigenvalue weighted by Gasteiger charge is -2.28. The Bertz CT molecular complexity index is 303. The molecule has 0 bridgehead atoms. The summed E-state index contributed by atoms with van der Waals surface area (Å²) in [6, 6.07) is 2.84. The van der Waals surface area contributed by atoms with Crippen LogP contribution in [-0.2, 0) is 11.2 Å². The van der Waals surface area contributed by atoms with Crippen molar-refractivity contribution in [3.05, 3.63) is 22.4 Å². The van der Waals surface area contributed by atoms with Gasteiger partial charge < -0.3 is 10.1 Å². The molecule has 1 aromatic rings. The van der Waals surface area contributed by atoms with Gasteiger partial charge in [-0.3, -0.25) is 4.90 Å². The Morgan fingerprint density at radius 3 is 2.84 bits per heavy atom. The molecule has 1 aromatic heterocycles. The second kappa shape index (κ2) is 10.4. The maximum atomic E-state index is 5.18. The largest absolute Gasteiger partial charge is 0.383 e. The molecule has 110 valence electrons. The van der Waals surface area contributed by atoms with Crippen molar-refractivity contribution in [2.24, 2.45) is 0 Å². The van der Waals surface area contributed by atoms with Gasteiger partial charge in [0.15, 0.2) is 0 Å². The van der Waals surface area contributed by atoms with Crippen LogP contribution < -0.4 is 5.32 Å². The van der Waals surface area contributed by atoms with Crippen LogP contribution in [-0.4, -0.2) is 50.8 Å². The molecule has 4 heteroatoms. The van der Waals surface area contributed by atoms with Crippen molar-refractivity contribution in [2.75, 3.05) is 39.9 Å². The molecule has 1 atom stereocenters. The Balaban J connectivity index is 2.12. The van der Waals surface area contributed by atoms with Crippen molar-refractivity contribution in [2.45, 2.75) is 32.7 Å². The summed E-state index contributed by atoms with van der Waals surface area (Å²) in [4.78, 5) is 2.50. The SMILES string of the molecule is CCC(C)N(CCNCCc1ccsc1)CCOC. The summed E-state index contributed by atoms with van der Waals surface area (Å²) in [6.07, 6.45) is 2.32. The summed E-state index contributed by atoms with van der Waals surface area (Å²) in [6.45, 7) is 9.60. The van der Waals surface area contributed by atoms with E-state index < -0.39 is 0 Å². The van der Waals surface area contributed by atoms with Crippen LogP contribution in [0.25, 0.3) is 0 Å². The standard InChI is InChI=1S/C15H28N2OS/c1-4-14(2)17(10-11-18-3)9-8-16-7-5-15-6-12-19-13-15/h6,12-14,16H,4-5,7-11H2,1-3H3. The molecule has 0 aromatic carbocycles. The lowest BCUT2D eigenvalue weighted by Crippen LogP contribution is -2.40. The number of nitrogens with one attached hydrogen (secondary N) is 1. The summed E-state index contributed by atoms with van der Waals surface area (Å²) in [5, 5.41) is 7.90. The van der Waals surface area contributed by atoms with Crippen molar-refractivity contribution in [3.63, 3.8) is 0 Å². The van der Waals surface area contributed by atoms with Crippen LogP contribution in [0.1, 0.15) is 25.8 Å². The van der Waals surface area contributed by atoms with Crippen LogP contribution >= 0.6 is 11.3 Å². The Morgan fingerprint density at radius 1 is 1.37 bits per heavy atom. The zero-order valence-electron chi connectivity index (χ0n) is 12.5. The van der Waals surface area contributed by atoms with Gasteiger partial charge in [0.05, 0.1) is 6.61 Å². The molecule has 1 heterocycles. The predicted octanol–water partition coefficient (Wildman–Crippen LogP) is 2.63. The molecular formula is C15H28N2OS. The van der Waals surface area contributed by atoms with Crippen LogP contribution in [0.5, 0.6) is 0 Å². The third kappa shape index (κ3) is 7.06. The molecule has 0 saturated carbocycles.